The van der Waals surface area contributed by atoms with Crippen molar-refractivity contribution in [1.29, 1.82) is 0 Å². The Labute approximate surface area is 164 Å². The summed E-state index contributed by atoms with van der Waals surface area (Å²) < 4.78 is 0. The summed E-state index contributed by atoms with van der Waals surface area (Å²) in [7, 11) is 0. The zero-order valence-electron chi connectivity index (χ0n) is 16.8. The highest BCUT2D eigenvalue weighted by Crippen LogP contribution is 2.47. The molecule has 0 aliphatic carbocycles. The van der Waals surface area contributed by atoms with Crippen LogP contribution in [0.2, 0.25) is 0 Å². The Hall–Kier alpha value is -3.12. The van der Waals surface area contributed by atoms with Gasteiger partial charge in [-0.1, -0.05) is 60.7 Å². The van der Waals surface area contributed by atoms with Crippen molar-refractivity contribution in [2.45, 2.75) is 27.7 Å². The Kier molecular flexibility index (Phi) is 2.97. The summed E-state index contributed by atoms with van der Waals surface area (Å²) in [6, 6.07) is 22.8. The molecule has 0 aliphatic heterocycles. The monoisotopic (exact) mass is 358 g/mol. The average molecular weight is 358 g/mol. The van der Waals surface area contributed by atoms with Crippen LogP contribution in [-0.2, 0) is 0 Å². The highest BCUT2D eigenvalue weighted by molar-refractivity contribution is 6.41. The molecule has 0 saturated heterocycles. The van der Waals surface area contributed by atoms with Gasteiger partial charge in [0.15, 0.2) is 0 Å². The molecule has 0 N–H and O–H groups in total. The summed E-state index contributed by atoms with van der Waals surface area (Å²) in [6.45, 7) is 8.99. The van der Waals surface area contributed by atoms with Crippen LogP contribution in [0.5, 0.6) is 0 Å². The van der Waals surface area contributed by atoms with E-state index in [1.165, 1.54) is 76.1 Å². The lowest BCUT2D eigenvalue weighted by atomic mass is 9.82. The minimum atomic E-state index is 1.36. The molecule has 0 saturated carbocycles. The largest absolute Gasteiger partial charge is 0.0610 e. The van der Waals surface area contributed by atoms with E-state index in [-0.39, 0.29) is 0 Å². The molecule has 134 valence electrons. The highest BCUT2D eigenvalue weighted by atomic mass is 14.2. The first-order chi connectivity index (χ1) is 13.6. The molecule has 6 rings (SSSR count). The molecule has 0 bridgehead atoms. The van der Waals surface area contributed by atoms with Crippen LogP contribution in [0, 0.1) is 27.7 Å². The van der Waals surface area contributed by atoms with E-state index in [0.29, 0.717) is 0 Å². The summed E-state index contributed by atoms with van der Waals surface area (Å²) in [5, 5.41) is 14.1. The third-order valence-electron chi connectivity index (χ3n) is 6.70. The van der Waals surface area contributed by atoms with Crippen molar-refractivity contribution in [2.24, 2.45) is 0 Å². The highest BCUT2D eigenvalue weighted by Gasteiger charge is 2.19. The molecule has 0 aromatic heterocycles. The van der Waals surface area contributed by atoms with Crippen LogP contribution < -0.4 is 0 Å². The third kappa shape index (κ3) is 1.76. The number of benzene rings is 6. The number of aryl methyl sites for hydroxylation is 4. The zero-order chi connectivity index (χ0) is 19.2. The minimum Gasteiger partial charge on any atom is -0.0610 e. The van der Waals surface area contributed by atoms with Gasteiger partial charge >= 0.3 is 0 Å². The first-order valence-electron chi connectivity index (χ1n) is 10.1. The molecule has 0 amide bonds. The van der Waals surface area contributed by atoms with Gasteiger partial charge in [-0.05, 0) is 104 Å². The zero-order valence-corrected chi connectivity index (χ0v) is 16.8. The molecule has 28 heavy (non-hydrogen) atoms. The summed E-state index contributed by atoms with van der Waals surface area (Å²) in [5.41, 5.74) is 5.43. The van der Waals surface area contributed by atoms with Gasteiger partial charge in [-0.25, -0.2) is 0 Å². The SMILES string of the molecule is Cc1ccc(C)c2c3cccc4c5c(C)ccc(C)c5c5cccc(c12)c5c34. The van der Waals surface area contributed by atoms with E-state index >= 15 is 0 Å². The molecule has 0 unspecified atom stereocenters. The third-order valence-corrected chi connectivity index (χ3v) is 6.70. The quantitative estimate of drug-likeness (QED) is 0.190. The predicted octanol–water partition coefficient (Wildman–Crippen LogP) is 8.12. The first-order valence-corrected chi connectivity index (χ1v) is 10.1. The van der Waals surface area contributed by atoms with Crippen molar-refractivity contribution in [3.8, 4) is 0 Å². The van der Waals surface area contributed by atoms with Gasteiger partial charge in [-0.3, -0.25) is 0 Å². The Morgan fingerprint density at radius 1 is 0.321 bits per heavy atom. The topological polar surface area (TPSA) is 0 Å². The van der Waals surface area contributed by atoms with Gasteiger partial charge in [0.05, 0.1) is 0 Å². The van der Waals surface area contributed by atoms with Crippen LogP contribution in [0.4, 0.5) is 0 Å². The van der Waals surface area contributed by atoms with Crippen LogP contribution in [0.15, 0.2) is 60.7 Å². The fraction of sp³-hybridized carbons (Fsp3) is 0.143. The van der Waals surface area contributed by atoms with Crippen molar-refractivity contribution in [2.75, 3.05) is 0 Å². The van der Waals surface area contributed by atoms with Crippen molar-refractivity contribution >= 4 is 53.9 Å². The first kappa shape index (κ1) is 15.9. The molecule has 0 heteroatoms. The van der Waals surface area contributed by atoms with Gasteiger partial charge in [0, 0.05) is 0 Å². The van der Waals surface area contributed by atoms with Crippen LogP contribution >= 0.6 is 0 Å². The maximum absolute atomic E-state index is 2.32. The Morgan fingerprint density at radius 3 is 0.821 bits per heavy atom. The molecule has 0 atom stereocenters. The van der Waals surface area contributed by atoms with Gasteiger partial charge in [-0.15, -0.1) is 0 Å². The molecule has 0 spiro atoms. The maximum Gasteiger partial charge on any atom is -0.00137 e. The molecular weight excluding hydrogens is 336 g/mol. The smallest absolute Gasteiger partial charge is 0.00137 e. The fourth-order valence-electron chi connectivity index (χ4n) is 5.49. The van der Waals surface area contributed by atoms with Gasteiger partial charge in [-0.2, -0.15) is 0 Å². The number of fused-ring (bicyclic) bond motifs is 6. The predicted molar refractivity (Wildman–Crippen MR) is 124 cm³/mol. The average Bonchev–Trinajstić information content (AvgIpc) is 2.71. The second-order valence-corrected chi connectivity index (χ2v) is 8.35. The summed E-state index contributed by atoms with van der Waals surface area (Å²) >= 11 is 0. The lowest BCUT2D eigenvalue weighted by Crippen LogP contribution is -1.94. The maximum atomic E-state index is 2.32. The molecule has 0 heterocycles. The van der Waals surface area contributed by atoms with E-state index in [1.54, 1.807) is 0 Å². The van der Waals surface area contributed by atoms with E-state index < -0.39 is 0 Å². The number of rotatable bonds is 0. The molecular formula is C28H22. The van der Waals surface area contributed by atoms with Gasteiger partial charge in [0.2, 0.25) is 0 Å². The van der Waals surface area contributed by atoms with Crippen molar-refractivity contribution in [3.05, 3.63) is 82.9 Å². The molecule has 6 aromatic rings. The second kappa shape index (κ2) is 5.23. The van der Waals surface area contributed by atoms with Crippen LogP contribution in [0.1, 0.15) is 22.3 Å². The Balaban J connectivity index is 2.16. The second-order valence-electron chi connectivity index (χ2n) is 8.35. The molecule has 0 fully saturated rings. The lowest BCUT2D eigenvalue weighted by Gasteiger charge is -2.21. The van der Waals surface area contributed by atoms with Crippen LogP contribution in [0.3, 0.4) is 0 Å². The number of hydrogen-bond acceptors (Lipinski definition) is 0. The summed E-state index contributed by atoms with van der Waals surface area (Å²) in [5.74, 6) is 0. The van der Waals surface area contributed by atoms with E-state index in [2.05, 4.69) is 88.4 Å². The minimum absolute atomic E-state index is 1.36. The summed E-state index contributed by atoms with van der Waals surface area (Å²) in [6.07, 6.45) is 0. The van der Waals surface area contributed by atoms with Crippen LogP contribution in [0.25, 0.3) is 53.9 Å². The van der Waals surface area contributed by atoms with Crippen LogP contribution in [-0.4, -0.2) is 0 Å². The van der Waals surface area contributed by atoms with Crippen molar-refractivity contribution < 1.29 is 0 Å². The van der Waals surface area contributed by atoms with E-state index in [4.69, 9.17) is 0 Å². The van der Waals surface area contributed by atoms with E-state index in [9.17, 15) is 0 Å². The molecule has 0 nitrogen and oxygen atoms in total. The molecule has 6 aromatic carbocycles. The Morgan fingerprint density at radius 2 is 0.571 bits per heavy atom. The van der Waals surface area contributed by atoms with Gasteiger partial charge < -0.3 is 0 Å². The fourth-order valence-corrected chi connectivity index (χ4v) is 5.49. The lowest BCUT2D eigenvalue weighted by molar-refractivity contribution is 1.47. The Bertz CT molecular complexity index is 1350. The van der Waals surface area contributed by atoms with Crippen molar-refractivity contribution in [1.82, 2.24) is 0 Å². The summed E-state index contributed by atoms with van der Waals surface area (Å²) in [4.78, 5) is 0. The normalized spacial score (nSPS) is 12.3. The van der Waals surface area contributed by atoms with E-state index in [1.807, 2.05) is 0 Å². The molecule has 0 aliphatic rings. The van der Waals surface area contributed by atoms with E-state index in [0.717, 1.165) is 0 Å². The van der Waals surface area contributed by atoms with Crippen molar-refractivity contribution in [3.63, 3.8) is 0 Å². The number of hydrogen-bond donors (Lipinski definition) is 0. The van der Waals surface area contributed by atoms with Gasteiger partial charge in [0.25, 0.3) is 0 Å². The van der Waals surface area contributed by atoms with Gasteiger partial charge in [0.1, 0.15) is 0 Å². The standard InChI is InChI=1S/C28H22/c1-15-11-12-16(2)24-20-8-6-10-22-26-18(4)14-13-17(3)25(26)21-9-5-7-19(23(15)24)27(21)28(20)22/h5-14H,1-4H3. The molecule has 0 radical (unpaired) electrons.